The lowest BCUT2D eigenvalue weighted by Crippen LogP contribution is -2.25. The van der Waals surface area contributed by atoms with Crippen LogP contribution in [0, 0.1) is 0 Å². The van der Waals surface area contributed by atoms with E-state index in [1.807, 2.05) is 18.2 Å². The van der Waals surface area contributed by atoms with Crippen LogP contribution in [-0.2, 0) is 19.1 Å². The Morgan fingerprint density at radius 2 is 1.10 bits per heavy atom. The highest BCUT2D eigenvalue weighted by molar-refractivity contribution is 5.69. The highest BCUT2D eigenvalue weighted by atomic mass is 16.6. The molecule has 2 atom stereocenters. The number of allylic oxidation sites excluding steroid dienone is 7. The van der Waals surface area contributed by atoms with Gasteiger partial charge in [0.25, 0.3) is 0 Å². The molecule has 0 aromatic rings. The lowest BCUT2D eigenvalue weighted by molar-refractivity contribution is -0.152. The molecule has 0 heterocycles. The molecule has 0 saturated heterocycles. The maximum Gasteiger partial charge on any atom is 0.305 e. The first kappa shape index (κ1) is 39.8. The van der Waals surface area contributed by atoms with Gasteiger partial charge in [-0.1, -0.05) is 140 Å². The normalized spacial score (nSPS) is 13.5. The summed E-state index contributed by atoms with van der Waals surface area (Å²) in [6.07, 6.45) is 34.9. The van der Waals surface area contributed by atoms with Crippen molar-refractivity contribution in [3.63, 3.8) is 0 Å². The second kappa shape index (κ2) is 31.7. The summed E-state index contributed by atoms with van der Waals surface area (Å²) in [5.41, 5.74) is 0. The van der Waals surface area contributed by atoms with Gasteiger partial charge in [-0.05, 0) is 38.5 Å². The maximum absolute atomic E-state index is 11.9. The van der Waals surface area contributed by atoms with Gasteiger partial charge in [0.15, 0.2) is 0 Å². The number of esters is 2. The van der Waals surface area contributed by atoms with Crippen molar-refractivity contribution in [1.29, 1.82) is 0 Å². The molecule has 6 nitrogen and oxygen atoms in total. The van der Waals surface area contributed by atoms with Gasteiger partial charge in [0.2, 0.25) is 0 Å². The summed E-state index contributed by atoms with van der Waals surface area (Å²) in [7, 11) is 0. The summed E-state index contributed by atoms with van der Waals surface area (Å²) in [5, 5.41) is 19.8. The number of carbonyl (C=O) groups excluding carboxylic acids is 2. The van der Waals surface area contributed by atoms with Crippen LogP contribution in [0.2, 0.25) is 0 Å². The average Bonchev–Trinajstić information content (AvgIpc) is 2.98. The van der Waals surface area contributed by atoms with E-state index >= 15 is 0 Å². The number of hydrogen-bond donors (Lipinski definition) is 2. The van der Waals surface area contributed by atoms with E-state index in [9.17, 15) is 19.8 Å². The first-order valence-corrected chi connectivity index (χ1v) is 16.8. The van der Waals surface area contributed by atoms with Crippen molar-refractivity contribution in [3.8, 4) is 0 Å². The minimum atomic E-state index is -0.995. The van der Waals surface area contributed by atoms with Crippen molar-refractivity contribution >= 4 is 11.9 Å². The second-order valence-corrected chi connectivity index (χ2v) is 11.1. The molecule has 0 spiro atoms. The van der Waals surface area contributed by atoms with Crippen molar-refractivity contribution in [2.45, 2.75) is 154 Å². The third-order valence-electron chi connectivity index (χ3n) is 6.92. The zero-order chi connectivity index (χ0) is 30.9. The molecule has 0 unspecified atom stereocenters. The van der Waals surface area contributed by atoms with Crippen molar-refractivity contribution in [3.05, 3.63) is 48.6 Å². The topological polar surface area (TPSA) is 93.1 Å². The molecule has 0 aliphatic rings. The van der Waals surface area contributed by atoms with E-state index in [-0.39, 0.29) is 37.7 Å². The van der Waals surface area contributed by atoms with Crippen LogP contribution in [0.1, 0.15) is 142 Å². The Kier molecular flexibility index (Phi) is 30.1. The smallest absolute Gasteiger partial charge is 0.305 e. The fourth-order valence-electron chi connectivity index (χ4n) is 4.30. The van der Waals surface area contributed by atoms with E-state index in [4.69, 9.17) is 9.47 Å². The van der Waals surface area contributed by atoms with Gasteiger partial charge in [-0.25, -0.2) is 0 Å². The molecule has 0 fully saturated rings. The van der Waals surface area contributed by atoms with Gasteiger partial charge in [0.05, 0.1) is 6.10 Å². The summed E-state index contributed by atoms with van der Waals surface area (Å²) in [6, 6.07) is 0. The largest absolute Gasteiger partial charge is 0.463 e. The van der Waals surface area contributed by atoms with Crippen LogP contribution in [0.15, 0.2) is 48.6 Å². The average molecular weight is 591 g/mol. The molecule has 0 saturated carbocycles. The van der Waals surface area contributed by atoms with Gasteiger partial charge < -0.3 is 19.7 Å². The quantitative estimate of drug-likeness (QED) is 0.0391. The molecule has 0 aromatic carbocycles. The van der Waals surface area contributed by atoms with Crippen LogP contribution in [0.4, 0.5) is 0 Å². The summed E-state index contributed by atoms with van der Waals surface area (Å²) in [5.74, 6) is -0.659. The Labute approximate surface area is 257 Å². The van der Waals surface area contributed by atoms with Crippen LogP contribution < -0.4 is 0 Å². The molecule has 0 bridgehead atoms. The van der Waals surface area contributed by atoms with Gasteiger partial charge in [-0.2, -0.15) is 0 Å². The number of carbonyl (C=O) groups is 2. The van der Waals surface area contributed by atoms with Gasteiger partial charge in [0.1, 0.15) is 19.3 Å². The monoisotopic (exact) mass is 590 g/mol. The Bertz CT molecular complexity index is 739. The Morgan fingerprint density at radius 3 is 1.71 bits per heavy atom. The highest BCUT2D eigenvalue weighted by Gasteiger charge is 2.12. The maximum atomic E-state index is 11.9. The molecule has 6 heteroatoms. The van der Waals surface area contributed by atoms with Gasteiger partial charge in [-0.15, -0.1) is 0 Å². The molecule has 0 aromatic heterocycles. The fourth-order valence-corrected chi connectivity index (χ4v) is 4.30. The van der Waals surface area contributed by atoms with Crippen LogP contribution in [-0.4, -0.2) is 47.6 Å². The Morgan fingerprint density at radius 1 is 0.595 bits per heavy atom. The number of aliphatic hydroxyl groups excluding tert-OH is 2. The number of ether oxygens (including phenoxy) is 2. The van der Waals surface area contributed by atoms with E-state index in [2.05, 4.69) is 44.2 Å². The predicted octanol–water partition coefficient (Wildman–Crippen LogP) is 8.86. The SMILES string of the molecule is CCCCCCCCCCCCC(=O)OC[C@@H](O)COC(=O)CCC/C=C\C/C=C\C/C=C\C=C\[C@H](O)CCCCC. The van der Waals surface area contributed by atoms with Crippen LogP contribution in [0.3, 0.4) is 0 Å². The highest BCUT2D eigenvalue weighted by Crippen LogP contribution is 2.12. The first-order valence-electron chi connectivity index (χ1n) is 16.8. The summed E-state index contributed by atoms with van der Waals surface area (Å²) in [4.78, 5) is 23.7. The summed E-state index contributed by atoms with van der Waals surface area (Å²) >= 11 is 0. The van der Waals surface area contributed by atoms with E-state index in [1.165, 1.54) is 51.4 Å². The molecule has 42 heavy (non-hydrogen) atoms. The summed E-state index contributed by atoms with van der Waals surface area (Å²) < 4.78 is 10.2. The van der Waals surface area contributed by atoms with Crippen molar-refractivity contribution < 1.29 is 29.3 Å². The molecule has 2 N–H and O–H groups in total. The van der Waals surface area contributed by atoms with E-state index < -0.39 is 6.10 Å². The molecule has 242 valence electrons. The molecular formula is C36H62O6. The van der Waals surface area contributed by atoms with E-state index in [0.717, 1.165) is 57.8 Å². The van der Waals surface area contributed by atoms with Gasteiger partial charge >= 0.3 is 11.9 Å². The van der Waals surface area contributed by atoms with Crippen molar-refractivity contribution in [1.82, 2.24) is 0 Å². The zero-order valence-electron chi connectivity index (χ0n) is 26.9. The second-order valence-electron chi connectivity index (χ2n) is 11.1. The molecular weight excluding hydrogens is 528 g/mol. The van der Waals surface area contributed by atoms with Gasteiger partial charge in [0, 0.05) is 12.8 Å². The fraction of sp³-hybridized carbons (Fsp3) is 0.722. The van der Waals surface area contributed by atoms with Crippen molar-refractivity contribution in [2.75, 3.05) is 13.2 Å². The summed E-state index contributed by atoms with van der Waals surface area (Å²) in [6.45, 7) is 4.09. The Hall–Kier alpha value is -2.18. The lowest BCUT2D eigenvalue weighted by atomic mass is 10.1. The van der Waals surface area contributed by atoms with E-state index in [1.54, 1.807) is 0 Å². The minimum Gasteiger partial charge on any atom is -0.463 e. The molecule has 0 rings (SSSR count). The predicted molar refractivity (Wildman–Crippen MR) is 174 cm³/mol. The van der Waals surface area contributed by atoms with E-state index in [0.29, 0.717) is 12.8 Å². The van der Waals surface area contributed by atoms with Crippen LogP contribution >= 0.6 is 0 Å². The third kappa shape index (κ3) is 30.8. The number of unbranched alkanes of at least 4 members (excludes halogenated alkanes) is 12. The lowest BCUT2D eigenvalue weighted by Gasteiger charge is -2.12. The van der Waals surface area contributed by atoms with Crippen LogP contribution in [0.25, 0.3) is 0 Å². The first-order chi connectivity index (χ1) is 20.5. The Balaban J connectivity index is 3.64. The molecule has 0 aliphatic carbocycles. The number of hydrogen-bond acceptors (Lipinski definition) is 6. The van der Waals surface area contributed by atoms with Crippen LogP contribution in [0.5, 0.6) is 0 Å². The molecule has 0 aliphatic heterocycles. The van der Waals surface area contributed by atoms with Gasteiger partial charge in [-0.3, -0.25) is 9.59 Å². The minimum absolute atomic E-state index is 0.144. The standard InChI is InChI=1S/C36H62O6/c1-3-5-7-8-9-10-15-18-21-25-29-35(39)41-31-34(38)32-42-36(40)30-26-22-19-16-13-11-12-14-17-20-24-28-33(37)27-23-6-4-2/h11-12,16-17,19-20,24,28,33-34,37-38H,3-10,13-15,18,21-23,25-27,29-32H2,1-2H3/b12-11-,19-16-,20-17-,28-24+/t33-,34-/m1/s1. The zero-order valence-corrected chi connectivity index (χ0v) is 26.9. The number of rotatable bonds is 29. The third-order valence-corrected chi connectivity index (χ3v) is 6.92. The van der Waals surface area contributed by atoms with Crippen molar-refractivity contribution in [2.24, 2.45) is 0 Å². The number of aliphatic hydroxyl groups is 2. The molecule has 0 amide bonds. The molecule has 0 radical (unpaired) electrons.